The number of phenols is 2. The van der Waals surface area contributed by atoms with Crippen molar-refractivity contribution in [3.05, 3.63) is 35.9 Å². The van der Waals surface area contributed by atoms with Crippen molar-refractivity contribution >= 4 is 10.8 Å². The number of hydrogen-bond donors (Lipinski definition) is 2. The van der Waals surface area contributed by atoms with E-state index in [2.05, 4.69) is 11.8 Å². The second-order valence-electron chi connectivity index (χ2n) is 7.53. The Balaban J connectivity index is 1.57. The van der Waals surface area contributed by atoms with Crippen LogP contribution in [0, 0.1) is 0 Å². The molecule has 3 rings (SSSR count). The third-order valence-corrected chi connectivity index (χ3v) is 5.61. The Bertz CT molecular complexity index is 690. The number of hydrogen-bond acceptors (Lipinski definition) is 3. The molecule has 1 heterocycles. The summed E-state index contributed by atoms with van der Waals surface area (Å²) in [5, 5.41) is 22.4. The van der Waals surface area contributed by atoms with Crippen LogP contribution >= 0.6 is 0 Å². The summed E-state index contributed by atoms with van der Waals surface area (Å²) in [6, 6.07) is 9.25. The molecule has 136 valence electrons. The Hall–Kier alpha value is -1.74. The molecule has 3 heteroatoms. The van der Waals surface area contributed by atoms with Crippen molar-refractivity contribution in [1.29, 1.82) is 0 Å². The van der Waals surface area contributed by atoms with Gasteiger partial charge < -0.3 is 15.1 Å². The summed E-state index contributed by atoms with van der Waals surface area (Å²) < 4.78 is 0. The number of aromatic hydroxyl groups is 2. The lowest BCUT2D eigenvalue weighted by Gasteiger charge is -2.20. The first-order valence-corrected chi connectivity index (χ1v) is 9.82. The second-order valence-corrected chi connectivity index (χ2v) is 7.53. The molecule has 25 heavy (non-hydrogen) atoms. The maximum atomic E-state index is 10.6. The van der Waals surface area contributed by atoms with Crippen LogP contribution in [0.15, 0.2) is 30.3 Å². The van der Waals surface area contributed by atoms with Gasteiger partial charge in [-0.25, -0.2) is 0 Å². The van der Waals surface area contributed by atoms with E-state index in [-0.39, 0.29) is 11.7 Å². The first-order valence-electron chi connectivity index (χ1n) is 9.82. The number of likely N-dealkylation sites (tertiary alicyclic amines) is 1. The second kappa shape index (κ2) is 8.57. The minimum atomic E-state index is 0.250. The molecule has 0 aliphatic carbocycles. The molecular weight excluding hydrogens is 310 g/mol. The normalized spacial score (nSPS) is 17.5. The molecule has 1 fully saturated rings. The van der Waals surface area contributed by atoms with Crippen LogP contribution < -0.4 is 0 Å². The van der Waals surface area contributed by atoms with Crippen LogP contribution in [0.4, 0.5) is 0 Å². The van der Waals surface area contributed by atoms with Gasteiger partial charge in [-0.05, 0) is 57.3 Å². The summed E-state index contributed by atoms with van der Waals surface area (Å²) in [5.74, 6) is 0.841. The summed E-state index contributed by atoms with van der Waals surface area (Å²) in [4.78, 5) is 2.61. The van der Waals surface area contributed by atoms with E-state index < -0.39 is 0 Å². The Kier molecular flexibility index (Phi) is 6.19. The molecule has 1 atom stereocenters. The van der Waals surface area contributed by atoms with Gasteiger partial charge in [0.2, 0.25) is 0 Å². The van der Waals surface area contributed by atoms with E-state index in [1.165, 1.54) is 51.7 Å². The van der Waals surface area contributed by atoms with Crippen molar-refractivity contribution in [2.24, 2.45) is 0 Å². The SMILES string of the molecule is CC(CCCCN1CCCCCC1)c1cc(O)c2ccccc2c1O. The zero-order valence-corrected chi connectivity index (χ0v) is 15.4. The zero-order valence-electron chi connectivity index (χ0n) is 15.4. The van der Waals surface area contributed by atoms with Crippen molar-refractivity contribution < 1.29 is 10.2 Å². The monoisotopic (exact) mass is 341 g/mol. The fourth-order valence-electron chi connectivity index (χ4n) is 4.04. The Morgan fingerprint density at radius 1 is 0.960 bits per heavy atom. The maximum absolute atomic E-state index is 10.6. The van der Waals surface area contributed by atoms with Crippen molar-refractivity contribution in [1.82, 2.24) is 4.90 Å². The minimum Gasteiger partial charge on any atom is -0.507 e. The van der Waals surface area contributed by atoms with Crippen LogP contribution in [0.1, 0.15) is 63.4 Å². The Labute approximate surface area is 151 Å². The molecule has 1 saturated heterocycles. The summed E-state index contributed by atoms with van der Waals surface area (Å²) >= 11 is 0. The minimum absolute atomic E-state index is 0.250. The van der Waals surface area contributed by atoms with Gasteiger partial charge in [-0.3, -0.25) is 0 Å². The van der Waals surface area contributed by atoms with Crippen molar-refractivity contribution in [2.45, 2.75) is 57.8 Å². The summed E-state index contributed by atoms with van der Waals surface area (Å²) in [5.41, 5.74) is 0.867. The highest BCUT2D eigenvalue weighted by atomic mass is 16.3. The Morgan fingerprint density at radius 3 is 2.36 bits per heavy atom. The highest BCUT2D eigenvalue weighted by Gasteiger charge is 2.16. The van der Waals surface area contributed by atoms with E-state index in [1.807, 2.05) is 24.3 Å². The van der Waals surface area contributed by atoms with E-state index in [9.17, 15) is 10.2 Å². The quantitative estimate of drug-likeness (QED) is 0.546. The molecule has 3 nitrogen and oxygen atoms in total. The molecule has 0 radical (unpaired) electrons. The molecule has 0 aromatic heterocycles. The number of unbranched alkanes of at least 4 members (excludes halogenated alkanes) is 1. The van der Waals surface area contributed by atoms with Gasteiger partial charge in [-0.15, -0.1) is 0 Å². The fourth-order valence-corrected chi connectivity index (χ4v) is 4.04. The number of benzene rings is 2. The van der Waals surface area contributed by atoms with Gasteiger partial charge in [0.25, 0.3) is 0 Å². The molecule has 1 aliphatic rings. The number of phenolic OH excluding ortho intramolecular Hbond substituents is 2. The third kappa shape index (κ3) is 4.46. The van der Waals surface area contributed by atoms with Crippen LogP contribution in [-0.2, 0) is 0 Å². The summed E-state index contributed by atoms with van der Waals surface area (Å²) in [7, 11) is 0. The highest BCUT2D eigenvalue weighted by molar-refractivity contribution is 5.94. The van der Waals surface area contributed by atoms with Gasteiger partial charge in [0, 0.05) is 16.3 Å². The van der Waals surface area contributed by atoms with Gasteiger partial charge in [0.1, 0.15) is 11.5 Å². The van der Waals surface area contributed by atoms with Gasteiger partial charge in [-0.1, -0.05) is 50.5 Å². The highest BCUT2D eigenvalue weighted by Crippen LogP contribution is 2.39. The smallest absolute Gasteiger partial charge is 0.127 e. The molecule has 0 bridgehead atoms. The van der Waals surface area contributed by atoms with Crippen molar-refractivity contribution in [2.75, 3.05) is 19.6 Å². The topological polar surface area (TPSA) is 43.7 Å². The standard InChI is InChI=1S/C22H31NO2/c1-17(10-6-9-15-23-13-7-2-3-8-14-23)20-16-21(24)18-11-4-5-12-19(18)22(20)25/h4-5,11-12,16-17,24-25H,2-3,6-10,13-15H2,1H3. The van der Waals surface area contributed by atoms with Gasteiger partial charge >= 0.3 is 0 Å². The summed E-state index contributed by atoms with van der Waals surface area (Å²) in [6.45, 7) is 5.86. The average Bonchev–Trinajstić information content (AvgIpc) is 2.90. The van der Waals surface area contributed by atoms with Gasteiger partial charge in [-0.2, -0.15) is 0 Å². The van der Waals surface area contributed by atoms with E-state index in [1.54, 1.807) is 6.07 Å². The van der Waals surface area contributed by atoms with Crippen LogP contribution in [0.3, 0.4) is 0 Å². The van der Waals surface area contributed by atoms with E-state index in [0.29, 0.717) is 5.75 Å². The lowest BCUT2D eigenvalue weighted by atomic mass is 9.91. The number of rotatable bonds is 6. The van der Waals surface area contributed by atoms with Crippen LogP contribution in [0.25, 0.3) is 10.8 Å². The van der Waals surface area contributed by atoms with Crippen LogP contribution in [0.5, 0.6) is 11.5 Å². The fraction of sp³-hybridized carbons (Fsp3) is 0.545. The molecule has 1 aliphatic heterocycles. The maximum Gasteiger partial charge on any atom is 0.127 e. The van der Waals surface area contributed by atoms with Crippen LogP contribution in [0.2, 0.25) is 0 Å². The summed E-state index contributed by atoms with van der Waals surface area (Å²) in [6.07, 6.45) is 8.88. The third-order valence-electron chi connectivity index (χ3n) is 5.61. The van der Waals surface area contributed by atoms with Gasteiger partial charge in [0.15, 0.2) is 0 Å². The lowest BCUT2D eigenvalue weighted by molar-refractivity contribution is 0.277. The molecule has 2 N–H and O–H groups in total. The van der Waals surface area contributed by atoms with Crippen LogP contribution in [-0.4, -0.2) is 34.7 Å². The molecular formula is C22H31NO2. The molecule has 0 amide bonds. The molecule has 2 aromatic rings. The van der Waals surface area contributed by atoms with Crippen molar-refractivity contribution in [3.63, 3.8) is 0 Å². The zero-order chi connectivity index (χ0) is 17.6. The number of fused-ring (bicyclic) bond motifs is 1. The van der Waals surface area contributed by atoms with Gasteiger partial charge in [0.05, 0.1) is 0 Å². The Morgan fingerprint density at radius 2 is 1.64 bits per heavy atom. The van der Waals surface area contributed by atoms with Crippen molar-refractivity contribution in [3.8, 4) is 11.5 Å². The predicted octanol–water partition coefficient (Wildman–Crippen LogP) is 5.40. The molecule has 2 aromatic carbocycles. The lowest BCUT2D eigenvalue weighted by Crippen LogP contribution is -2.25. The average molecular weight is 341 g/mol. The van der Waals surface area contributed by atoms with E-state index in [4.69, 9.17) is 0 Å². The predicted molar refractivity (Wildman–Crippen MR) is 104 cm³/mol. The first kappa shape index (κ1) is 18.1. The molecule has 0 saturated carbocycles. The van der Waals surface area contributed by atoms with E-state index >= 15 is 0 Å². The largest absolute Gasteiger partial charge is 0.507 e. The number of nitrogens with zero attached hydrogens (tertiary/aromatic N) is 1. The molecule has 0 spiro atoms. The first-order chi connectivity index (χ1) is 12.2. The molecule has 1 unspecified atom stereocenters. The van der Waals surface area contributed by atoms with E-state index in [0.717, 1.165) is 29.2 Å².